The van der Waals surface area contributed by atoms with Crippen molar-refractivity contribution in [3.63, 3.8) is 0 Å². The van der Waals surface area contributed by atoms with E-state index >= 15 is 0 Å². The molecule has 1 unspecified atom stereocenters. The molecule has 1 atom stereocenters. The Morgan fingerprint density at radius 2 is 1.95 bits per heavy atom. The summed E-state index contributed by atoms with van der Waals surface area (Å²) in [6.45, 7) is 12.8. The molecule has 1 aromatic rings. The number of aromatic nitrogens is 1. The van der Waals surface area contributed by atoms with Crippen LogP contribution in [0.1, 0.15) is 71.1 Å². The Balaban J connectivity index is 2.83. The summed E-state index contributed by atoms with van der Waals surface area (Å²) in [7, 11) is 0. The van der Waals surface area contributed by atoms with Crippen LogP contribution < -0.4 is 11.1 Å². The molecule has 0 aliphatic heterocycles. The fourth-order valence-electron chi connectivity index (χ4n) is 2.19. The highest BCUT2D eigenvalue weighted by Crippen LogP contribution is 2.29. The first-order chi connectivity index (χ1) is 9.70. The molecule has 0 bridgehead atoms. The van der Waals surface area contributed by atoms with Crippen molar-refractivity contribution in [3.8, 4) is 0 Å². The number of carbonyl (C=O) groups excluding carboxylic acids is 1. The quantitative estimate of drug-likeness (QED) is 0.846. The van der Waals surface area contributed by atoms with Gasteiger partial charge in [-0.3, -0.25) is 4.79 Å². The van der Waals surface area contributed by atoms with Gasteiger partial charge in [0.15, 0.2) is 0 Å². The molecule has 1 amide bonds. The molecule has 5 heteroatoms. The third-order valence-electron chi connectivity index (χ3n) is 4.23. The van der Waals surface area contributed by atoms with E-state index in [-0.39, 0.29) is 17.4 Å². The van der Waals surface area contributed by atoms with Crippen LogP contribution in [0.3, 0.4) is 0 Å². The van der Waals surface area contributed by atoms with E-state index in [0.29, 0.717) is 6.54 Å². The van der Waals surface area contributed by atoms with Gasteiger partial charge in [0.2, 0.25) is 5.91 Å². The van der Waals surface area contributed by atoms with Crippen LogP contribution in [-0.2, 0) is 10.2 Å². The third kappa shape index (κ3) is 4.04. The molecule has 1 aromatic heterocycles. The van der Waals surface area contributed by atoms with Crippen molar-refractivity contribution in [2.24, 2.45) is 11.1 Å². The van der Waals surface area contributed by atoms with E-state index in [0.717, 1.165) is 23.5 Å². The molecule has 0 saturated heterocycles. The van der Waals surface area contributed by atoms with Crippen molar-refractivity contribution in [1.29, 1.82) is 0 Å². The zero-order valence-electron chi connectivity index (χ0n) is 14.1. The van der Waals surface area contributed by atoms with E-state index < -0.39 is 5.41 Å². The minimum atomic E-state index is -0.460. The number of hydrogen-bond donors (Lipinski definition) is 2. The number of nitrogens with one attached hydrogen (secondary N) is 1. The van der Waals surface area contributed by atoms with Crippen molar-refractivity contribution in [3.05, 3.63) is 16.1 Å². The lowest BCUT2D eigenvalue weighted by Gasteiger charge is -2.29. The fraction of sp³-hybridized carbons (Fsp3) is 0.750. The number of nitrogens with two attached hydrogens (primary N) is 1. The minimum absolute atomic E-state index is 0.0341. The number of rotatable bonds is 6. The predicted octanol–water partition coefficient (Wildman–Crippen LogP) is 3.38. The Labute approximate surface area is 132 Å². The van der Waals surface area contributed by atoms with Gasteiger partial charge in [0.1, 0.15) is 5.01 Å². The minimum Gasteiger partial charge on any atom is -0.347 e. The highest BCUT2D eigenvalue weighted by atomic mass is 32.1. The molecular formula is C16H29N3OS. The molecule has 21 heavy (non-hydrogen) atoms. The van der Waals surface area contributed by atoms with E-state index in [1.807, 2.05) is 20.8 Å². The molecule has 120 valence electrons. The highest BCUT2D eigenvalue weighted by Gasteiger charge is 2.34. The number of thiazole rings is 1. The Kier molecular flexibility index (Phi) is 5.93. The summed E-state index contributed by atoms with van der Waals surface area (Å²) < 4.78 is 0. The Hall–Kier alpha value is -0.940. The van der Waals surface area contributed by atoms with Crippen molar-refractivity contribution in [2.75, 3.05) is 6.54 Å². The lowest BCUT2D eigenvalue weighted by Crippen LogP contribution is -2.46. The van der Waals surface area contributed by atoms with Crippen LogP contribution in [0.15, 0.2) is 5.38 Å². The Morgan fingerprint density at radius 1 is 1.38 bits per heavy atom. The number of carbonyl (C=O) groups is 1. The van der Waals surface area contributed by atoms with Gasteiger partial charge < -0.3 is 11.1 Å². The molecule has 0 fully saturated rings. The molecule has 4 nitrogen and oxygen atoms in total. The molecule has 0 radical (unpaired) electrons. The van der Waals surface area contributed by atoms with Gasteiger partial charge in [-0.2, -0.15) is 0 Å². The summed E-state index contributed by atoms with van der Waals surface area (Å²) in [6, 6.07) is -0.0809. The van der Waals surface area contributed by atoms with Crippen LogP contribution >= 0.6 is 11.3 Å². The first-order valence-corrected chi connectivity index (χ1v) is 8.55. The van der Waals surface area contributed by atoms with Crippen LogP contribution in [0.5, 0.6) is 0 Å². The second-order valence-corrected chi connectivity index (χ2v) is 7.60. The van der Waals surface area contributed by atoms with Crippen LogP contribution in [-0.4, -0.2) is 17.4 Å². The lowest BCUT2D eigenvalue weighted by atomic mass is 9.81. The number of nitrogens with zero attached hydrogens (tertiary/aromatic N) is 1. The van der Waals surface area contributed by atoms with Gasteiger partial charge in [0.25, 0.3) is 0 Å². The second-order valence-electron chi connectivity index (χ2n) is 6.71. The van der Waals surface area contributed by atoms with E-state index in [1.165, 1.54) is 0 Å². The summed E-state index contributed by atoms with van der Waals surface area (Å²) in [5, 5.41) is 6.11. The molecule has 1 heterocycles. The van der Waals surface area contributed by atoms with E-state index in [2.05, 4.69) is 36.5 Å². The van der Waals surface area contributed by atoms with Gasteiger partial charge in [-0.15, -0.1) is 11.3 Å². The molecule has 0 spiro atoms. The lowest BCUT2D eigenvalue weighted by molar-refractivity contribution is -0.131. The van der Waals surface area contributed by atoms with Crippen molar-refractivity contribution in [2.45, 2.75) is 65.8 Å². The third-order valence-corrected chi connectivity index (χ3v) is 5.26. The zero-order chi connectivity index (χ0) is 16.3. The monoisotopic (exact) mass is 311 g/mol. The van der Waals surface area contributed by atoms with Crippen molar-refractivity contribution < 1.29 is 4.79 Å². The maximum absolute atomic E-state index is 12.5. The molecule has 1 rings (SSSR count). The van der Waals surface area contributed by atoms with Crippen molar-refractivity contribution >= 4 is 17.2 Å². The summed E-state index contributed by atoms with van der Waals surface area (Å²) in [5.41, 5.74) is 6.47. The van der Waals surface area contributed by atoms with Gasteiger partial charge >= 0.3 is 0 Å². The molecule has 3 N–H and O–H groups in total. The van der Waals surface area contributed by atoms with Crippen LogP contribution in [0.2, 0.25) is 0 Å². The predicted molar refractivity (Wildman–Crippen MR) is 89.4 cm³/mol. The standard InChI is InChI=1S/C16H29N3OS/c1-7-16(8-2,10-17)14(20)18-11(3)13-19-12(9-21-13)15(4,5)6/h9,11H,7-8,10,17H2,1-6H3,(H,18,20). The molecule has 0 aliphatic rings. The van der Waals surface area contributed by atoms with Crippen LogP contribution in [0.25, 0.3) is 0 Å². The average molecular weight is 311 g/mol. The smallest absolute Gasteiger partial charge is 0.228 e. The van der Waals surface area contributed by atoms with Crippen LogP contribution in [0, 0.1) is 5.41 Å². The summed E-state index contributed by atoms with van der Waals surface area (Å²) >= 11 is 1.60. The second kappa shape index (κ2) is 6.88. The average Bonchev–Trinajstić information content (AvgIpc) is 2.91. The maximum atomic E-state index is 12.5. The zero-order valence-corrected chi connectivity index (χ0v) is 14.9. The van der Waals surface area contributed by atoms with Crippen molar-refractivity contribution in [1.82, 2.24) is 10.3 Å². The van der Waals surface area contributed by atoms with E-state index in [1.54, 1.807) is 11.3 Å². The normalized spacial score (nSPS) is 14.0. The van der Waals surface area contributed by atoms with Gasteiger partial charge in [-0.05, 0) is 19.8 Å². The highest BCUT2D eigenvalue weighted by molar-refractivity contribution is 7.09. The van der Waals surface area contributed by atoms with Gasteiger partial charge in [0.05, 0.1) is 17.2 Å². The first-order valence-electron chi connectivity index (χ1n) is 7.67. The molecular weight excluding hydrogens is 282 g/mol. The van der Waals surface area contributed by atoms with Gasteiger partial charge in [-0.1, -0.05) is 34.6 Å². The summed E-state index contributed by atoms with van der Waals surface area (Å²) in [5.74, 6) is 0.0370. The molecule has 0 aromatic carbocycles. The first kappa shape index (κ1) is 18.1. The van der Waals surface area contributed by atoms with Gasteiger partial charge in [-0.25, -0.2) is 4.98 Å². The maximum Gasteiger partial charge on any atom is 0.228 e. The SMILES string of the molecule is CCC(CC)(CN)C(=O)NC(C)c1nc(C(C)(C)C)cs1. The largest absolute Gasteiger partial charge is 0.347 e. The van der Waals surface area contributed by atoms with Gasteiger partial charge in [0, 0.05) is 17.3 Å². The Bertz CT molecular complexity index is 464. The van der Waals surface area contributed by atoms with Crippen LogP contribution in [0.4, 0.5) is 0 Å². The van der Waals surface area contributed by atoms with E-state index in [4.69, 9.17) is 5.73 Å². The Morgan fingerprint density at radius 3 is 2.33 bits per heavy atom. The molecule has 0 aliphatic carbocycles. The van der Waals surface area contributed by atoms with E-state index in [9.17, 15) is 4.79 Å². The topological polar surface area (TPSA) is 68.0 Å². The molecule has 0 saturated carbocycles. The fourth-order valence-corrected chi connectivity index (χ4v) is 3.25. The summed E-state index contributed by atoms with van der Waals surface area (Å²) in [4.78, 5) is 17.2. The number of amides is 1. The summed E-state index contributed by atoms with van der Waals surface area (Å²) in [6.07, 6.45) is 1.51. The number of hydrogen-bond acceptors (Lipinski definition) is 4.